The second-order valence-electron chi connectivity index (χ2n) is 17.5. The number of carbonyl (C=O) groups excluding carboxylic acids is 3. The number of ether oxygens (including phenoxy) is 1. The van der Waals surface area contributed by atoms with Crippen LogP contribution < -0.4 is 26.4 Å². The molecule has 17 heteroatoms. The molecular weight excluding hydrogens is 856 g/mol. The van der Waals surface area contributed by atoms with Crippen molar-refractivity contribution in [3.8, 4) is 16.2 Å². The Hall–Kier alpha value is -4.48. The van der Waals surface area contributed by atoms with Gasteiger partial charge in [0.1, 0.15) is 22.6 Å². The first-order valence-corrected chi connectivity index (χ1v) is 24.2. The van der Waals surface area contributed by atoms with Gasteiger partial charge in [0, 0.05) is 43.5 Å². The fraction of sp³-hybridized carbons (Fsp3) is 0.522. The van der Waals surface area contributed by atoms with Crippen molar-refractivity contribution >= 4 is 69.9 Å². The molecule has 4 aromatic rings. The average Bonchev–Trinajstić information content (AvgIpc) is 3.98. The molecule has 0 aliphatic carbocycles. The van der Waals surface area contributed by atoms with Crippen LogP contribution in [-0.4, -0.2) is 123 Å². The van der Waals surface area contributed by atoms with Crippen molar-refractivity contribution in [2.75, 3.05) is 69.8 Å². The number of nitrogens with two attached hydrogens (primary N) is 1. The van der Waals surface area contributed by atoms with Gasteiger partial charge >= 0.3 is 0 Å². The Kier molecular flexibility index (Phi) is 15.2. The summed E-state index contributed by atoms with van der Waals surface area (Å²) in [6.07, 6.45) is 8.22. The van der Waals surface area contributed by atoms with Gasteiger partial charge in [-0.25, -0.2) is 9.97 Å². The van der Waals surface area contributed by atoms with Crippen molar-refractivity contribution in [1.82, 2.24) is 35.0 Å². The number of nitrogens with one attached hydrogen (secondary N) is 3. The van der Waals surface area contributed by atoms with Crippen molar-refractivity contribution in [2.24, 2.45) is 11.1 Å². The molecule has 14 nitrogen and oxygen atoms in total. The maximum atomic E-state index is 13.8. The maximum absolute atomic E-state index is 13.8. The Bertz CT molecular complexity index is 2220. The zero-order valence-electron chi connectivity index (χ0n) is 37.0. The molecule has 338 valence electrons. The van der Waals surface area contributed by atoms with Crippen LogP contribution in [0.3, 0.4) is 0 Å². The first-order chi connectivity index (χ1) is 30.3. The van der Waals surface area contributed by atoms with E-state index in [4.69, 9.17) is 22.1 Å². The lowest BCUT2D eigenvalue weighted by molar-refractivity contribution is -0.139. The van der Waals surface area contributed by atoms with Gasteiger partial charge in [-0.15, -0.1) is 11.3 Å². The van der Waals surface area contributed by atoms with Gasteiger partial charge < -0.3 is 41.1 Å². The molecule has 0 radical (unpaired) electrons. The second kappa shape index (κ2) is 20.6. The number of halogens is 1. The molecule has 7 rings (SSSR count). The summed E-state index contributed by atoms with van der Waals surface area (Å²) in [7, 11) is 3.32. The smallest absolute Gasteiger partial charge is 0.253 e. The Morgan fingerprint density at radius 3 is 2.46 bits per heavy atom. The number of hydrogen-bond donors (Lipinski definition) is 4. The van der Waals surface area contributed by atoms with Gasteiger partial charge in [-0.1, -0.05) is 35.9 Å². The molecule has 3 saturated heterocycles. The molecule has 1 unspecified atom stereocenters. The molecule has 0 saturated carbocycles. The predicted octanol–water partition coefficient (Wildman–Crippen LogP) is 7.21. The lowest BCUT2D eigenvalue weighted by Gasteiger charge is -2.47. The van der Waals surface area contributed by atoms with Crippen LogP contribution in [0.2, 0.25) is 5.02 Å². The molecule has 2 aromatic carbocycles. The van der Waals surface area contributed by atoms with Gasteiger partial charge in [0.25, 0.3) is 5.91 Å². The van der Waals surface area contributed by atoms with Gasteiger partial charge in [-0.3, -0.25) is 14.4 Å². The highest BCUT2D eigenvalue weighted by Gasteiger charge is 2.42. The molecule has 5 N–H and O–H groups in total. The standard InChI is InChI=1S/C46H61ClN10O4S2/c1-30-38(62-29-52-30)32-11-9-31(10-12-32)27-50-41(58)36-8-6-20-57(36)43(60)39(48)45(2,3)63-25-7-19-55-21-15-46(16-22-55)17-23-56(24-18-46)42(59)33-13-14-35(37(26-33)61-5)53-44-51-28-34(47)40(49-4)54-44/h9-14,26,28-29,36,39H,6-8,15-25,27,48H2,1-5H3,(H,50,58)(H2,49,51,53,54)/t36?,39-/m1/s1. The lowest BCUT2D eigenvalue weighted by Crippen LogP contribution is -2.56. The minimum absolute atomic E-state index is 0.0103. The zero-order valence-corrected chi connectivity index (χ0v) is 39.4. The first kappa shape index (κ1) is 46.5. The Balaban J connectivity index is 0.809. The quantitative estimate of drug-likeness (QED) is 0.0835. The minimum atomic E-state index is -0.716. The summed E-state index contributed by atoms with van der Waals surface area (Å²) in [5, 5.41) is 9.59. The zero-order chi connectivity index (χ0) is 44.7. The number of piperidine rings is 2. The topological polar surface area (TPSA) is 171 Å². The Labute approximate surface area is 384 Å². The number of thiazole rings is 1. The summed E-state index contributed by atoms with van der Waals surface area (Å²) in [5.41, 5.74) is 13.2. The molecule has 3 aliphatic rings. The number of aryl methyl sites for hydroxylation is 1. The largest absolute Gasteiger partial charge is 0.495 e. The van der Waals surface area contributed by atoms with Crippen LogP contribution in [0.25, 0.3) is 10.4 Å². The number of rotatable bonds is 16. The normalized spacial score (nSPS) is 18.3. The molecule has 3 fully saturated rings. The van der Waals surface area contributed by atoms with E-state index in [1.54, 1.807) is 48.2 Å². The fourth-order valence-electron chi connectivity index (χ4n) is 8.92. The summed E-state index contributed by atoms with van der Waals surface area (Å²) in [6, 6.07) is 12.4. The summed E-state index contributed by atoms with van der Waals surface area (Å²) in [5.74, 6) is 2.02. The molecule has 5 heterocycles. The molecule has 3 aliphatic heterocycles. The summed E-state index contributed by atoms with van der Waals surface area (Å²) in [6.45, 7) is 11.6. The van der Waals surface area contributed by atoms with E-state index in [9.17, 15) is 14.4 Å². The van der Waals surface area contributed by atoms with Crippen LogP contribution in [0.1, 0.15) is 80.4 Å². The van der Waals surface area contributed by atoms with Crippen LogP contribution in [0.5, 0.6) is 5.75 Å². The molecule has 2 atom stereocenters. The highest BCUT2D eigenvalue weighted by molar-refractivity contribution is 8.00. The first-order valence-electron chi connectivity index (χ1n) is 21.9. The van der Waals surface area contributed by atoms with Crippen LogP contribution in [0.4, 0.5) is 17.5 Å². The minimum Gasteiger partial charge on any atom is -0.495 e. The van der Waals surface area contributed by atoms with E-state index in [1.165, 1.54) is 6.20 Å². The van der Waals surface area contributed by atoms with Crippen LogP contribution in [-0.2, 0) is 16.1 Å². The van der Waals surface area contributed by atoms with Gasteiger partial charge in [-0.2, -0.15) is 16.7 Å². The summed E-state index contributed by atoms with van der Waals surface area (Å²) >= 11 is 9.50. The van der Waals surface area contributed by atoms with Crippen molar-refractivity contribution in [1.29, 1.82) is 0 Å². The van der Waals surface area contributed by atoms with E-state index < -0.39 is 16.8 Å². The number of thioether (sulfide) groups is 1. The molecule has 1 spiro atoms. The number of hydrogen-bond acceptors (Lipinski definition) is 13. The number of anilines is 3. The number of methoxy groups -OCH3 is 1. The Morgan fingerprint density at radius 1 is 1.05 bits per heavy atom. The fourth-order valence-corrected chi connectivity index (χ4v) is 11.0. The second-order valence-corrected chi connectivity index (χ2v) is 20.5. The third kappa shape index (κ3) is 11.1. The summed E-state index contributed by atoms with van der Waals surface area (Å²) < 4.78 is 5.15. The van der Waals surface area contributed by atoms with Crippen molar-refractivity contribution in [3.05, 3.63) is 76.0 Å². The summed E-state index contributed by atoms with van der Waals surface area (Å²) in [4.78, 5) is 61.2. The predicted molar refractivity (Wildman–Crippen MR) is 254 cm³/mol. The number of benzene rings is 2. The van der Waals surface area contributed by atoms with E-state index in [0.29, 0.717) is 53.3 Å². The van der Waals surface area contributed by atoms with Crippen molar-refractivity contribution in [3.63, 3.8) is 0 Å². The third-order valence-corrected chi connectivity index (χ3v) is 15.8. The average molecular weight is 918 g/mol. The number of nitrogens with zero attached hydrogens (tertiary/aromatic N) is 6. The van der Waals surface area contributed by atoms with Crippen LogP contribution >= 0.6 is 34.7 Å². The molecule has 63 heavy (non-hydrogen) atoms. The van der Waals surface area contributed by atoms with Crippen LogP contribution in [0.15, 0.2) is 54.2 Å². The Morgan fingerprint density at radius 2 is 1.78 bits per heavy atom. The molecule has 2 aromatic heterocycles. The van der Waals surface area contributed by atoms with E-state index in [0.717, 1.165) is 98.7 Å². The van der Waals surface area contributed by atoms with Crippen molar-refractivity contribution < 1.29 is 19.1 Å². The number of carbonyl (C=O) groups is 3. The highest BCUT2D eigenvalue weighted by Crippen LogP contribution is 2.42. The highest BCUT2D eigenvalue weighted by atomic mass is 35.5. The van der Waals surface area contributed by atoms with Gasteiger partial charge in [-0.05, 0) is 126 Å². The van der Waals surface area contributed by atoms with Crippen LogP contribution in [0, 0.1) is 12.3 Å². The van der Waals surface area contributed by atoms with Crippen molar-refractivity contribution in [2.45, 2.75) is 89.1 Å². The number of amides is 3. The van der Waals surface area contributed by atoms with E-state index >= 15 is 0 Å². The number of likely N-dealkylation sites (tertiary alicyclic amines) is 3. The maximum Gasteiger partial charge on any atom is 0.253 e. The van der Waals surface area contributed by atoms with E-state index in [2.05, 4.69) is 47.9 Å². The third-order valence-electron chi connectivity index (χ3n) is 13.1. The SMILES string of the molecule is CNc1nc(Nc2ccc(C(=O)N3CCC4(CCN(CCCSC(C)(C)[C@H](N)C(=O)N5CCCC5C(=O)NCc5ccc(-c6scnc6C)cc5)CC4)CC3)cc2OC)ncc1Cl. The number of aromatic nitrogens is 3. The molecule has 3 amide bonds. The van der Waals surface area contributed by atoms with E-state index in [-0.39, 0.29) is 23.1 Å². The van der Waals surface area contributed by atoms with Gasteiger partial charge in [0.2, 0.25) is 17.8 Å². The molecule has 0 bridgehead atoms. The van der Waals surface area contributed by atoms with Gasteiger partial charge in [0.05, 0.1) is 41.1 Å². The van der Waals surface area contributed by atoms with Gasteiger partial charge in [0.15, 0.2) is 0 Å². The van der Waals surface area contributed by atoms with E-state index in [1.807, 2.05) is 55.4 Å². The molecular formula is C46H61ClN10O4S2. The lowest BCUT2D eigenvalue weighted by atomic mass is 9.71. The monoisotopic (exact) mass is 916 g/mol.